The fourth-order valence-corrected chi connectivity index (χ4v) is 2.82. The third-order valence-corrected chi connectivity index (χ3v) is 4.01. The van der Waals surface area contributed by atoms with E-state index in [9.17, 15) is 5.11 Å². The molecule has 4 aromatic rings. The first-order valence-corrected chi connectivity index (χ1v) is 7.53. The van der Waals surface area contributed by atoms with Crippen molar-refractivity contribution in [1.29, 1.82) is 0 Å². The third-order valence-electron chi connectivity index (χ3n) is 4.01. The Morgan fingerprint density at radius 1 is 0.609 bits per heavy atom. The van der Waals surface area contributed by atoms with Gasteiger partial charge in [-0.05, 0) is 57.8 Å². The molecule has 0 saturated heterocycles. The quantitative estimate of drug-likeness (QED) is 0.546. The Balaban J connectivity index is 1.80. The van der Waals surface area contributed by atoms with Gasteiger partial charge in [-0.15, -0.1) is 0 Å². The summed E-state index contributed by atoms with van der Waals surface area (Å²) in [6.45, 7) is 0. The van der Waals surface area contributed by atoms with Crippen molar-refractivity contribution in [2.24, 2.45) is 0 Å². The smallest absolute Gasteiger partial charge is 0.116 e. The topological polar surface area (TPSA) is 33.1 Å². The van der Waals surface area contributed by atoms with E-state index in [1.807, 2.05) is 24.4 Å². The van der Waals surface area contributed by atoms with Crippen LogP contribution in [0, 0.1) is 0 Å². The van der Waals surface area contributed by atoms with Gasteiger partial charge in [0.15, 0.2) is 0 Å². The number of fused-ring (bicyclic) bond motifs is 1. The zero-order valence-corrected chi connectivity index (χ0v) is 12.5. The average Bonchev–Trinajstić information content (AvgIpc) is 2.62. The first-order valence-electron chi connectivity index (χ1n) is 7.53. The first-order chi connectivity index (χ1) is 11.3. The van der Waals surface area contributed by atoms with Crippen LogP contribution in [0.3, 0.4) is 0 Å². The Bertz CT molecular complexity index is 977. The summed E-state index contributed by atoms with van der Waals surface area (Å²) in [5.41, 5.74) is 4.59. The van der Waals surface area contributed by atoms with Crippen LogP contribution in [0.4, 0.5) is 0 Å². The van der Waals surface area contributed by atoms with Crippen LogP contribution in [0.5, 0.6) is 5.75 Å². The van der Waals surface area contributed by atoms with E-state index in [-0.39, 0.29) is 0 Å². The normalized spacial score (nSPS) is 10.8. The number of pyridine rings is 1. The van der Waals surface area contributed by atoms with Crippen LogP contribution in [0.25, 0.3) is 33.0 Å². The molecule has 0 atom stereocenters. The highest BCUT2D eigenvalue weighted by atomic mass is 16.3. The van der Waals surface area contributed by atoms with Crippen LogP contribution in [0.15, 0.2) is 85.2 Å². The maximum atomic E-state index is 9.57. The molecule has 0 aliphatic carbocycles. The van der Waals surface area contributed by atoms with Crippen molar-refractivity contribution in [3.63, 3.8) is 0 Å². The summed E-state index contributed by atoms with van der Waals surface area (Å²) in [6.07, 6.45) is 3.66. The van der Waals surface area contributed by atoms with Crippen molar-refractivity contribution < 1.29 is 5.11 Å². The second-order valence-corrected chi connectivity index (χ2v) is 5.57. The molecule has 0 unspecified atom stereocenters. The first kappa shape index (κ1) is 13.5. The summed E-state index contributed by atoms with van der Waals surface area (Å²) in [4.78, 5) is 4.19. The largest absolute Gasteiger partial charge is 0.508 e. The van der Waals surface area contributed by atoms with Gasteiger partial charge in [-0.1, -0.05) is 42.5 Å². The van der Waals surface area contributed by atoms with Crippen molar-refractivity contribution >= 4 is 10.8 Å². The minimum atomic E-state index is 0.295. The fourth-order valence-electron chi connectivity index (χ4n) is 2.82. The van der Waals surface area contributed by atoms with Gasteiger partial charge in [0.1, 0.15) is 5.75 Å². The lowest BCUT2D eigenvalue weighted by Crippen LogP contribution is -1.83. The van der Waals surface area contributed by atoms with Crippen LogP contribution in [0.1, 0.15) is 0 Å². The average molecular weight is 297 g/mol. The summed E-state index contributed by atoms with van der Waals surface area (Å²) < 4.78 is 0. The van der Waals surface area contributed by atoms with E-state index in [4.69, 9.17) is 0 Å². The molecule has 4 rings (SSSR count). The number of nitrogens with zero attached hydrogens (tertiary/aromatic N) is 1. The summed E-state index contributed by atoms with van der Waals surface area (Å²) in [7, 11) is 0. The number of phenolic OH excluding ortho intramolecular Hbond substituents is 1. The Hall–Kier alpha value is -3.13. The Morgan fingerprint density at radius 2 is 1.30 bits per heavy atom. The van der Waals surface area contributed by atoms with Crippen molar-refractivity contribution in [3.05, 3.63) is 85.2 Å². The van der Waals surface area contributed by atoms with Gasteiger partial charge >= 0.3 is 0 Å². The SMILES string of the molecule is Oc1ccc2cc(-c3cccc(-c4cccnc4)c3)ccc2c1. The highest BCUT2D eigenvalue weighted by Gasteiger charge is 2.03. The van der Waals surface area contributed by atoms with E-state index in [1.165, 1.54) is 5.56 Å². The molecule has 0 saturated carbocycles. The number of hydrogen-bond donors (Lipinski definition) is 1. The van der Waals surface area contributed by atoms with Crippen LogP contribution in [-0.2, 0) is 0 Å². The third kappa shape index (κ3) is 2.67. The van der Waals surface area contributed by atoms with Gasteiger partial charge in [0, 0.05) is 18.0 Å². The molecule has 23 heavy (non-hydrogen) atoms. The second-order valence-electron chi connectivity index (χ2n) is 5.57. The molecule has 0 fully saturated rings. The molecular weight excluding hydrogens is 282 g/mol. The monoisotopic (exact) mass is 297 g/mol. The summed E-state index contributed by atoms with van der Waals surface area (Å²) in [5, 5.41) is 11.7. The molecule has 1 heterocycles. The lowest BCUT2D eigenvalue weighted by molar-refractivity contribution is 0.476. The summed E-state index contributed by atoms with van der Waals surface area (Å²) in [5.74, 6) is 0.295. The Kier molecular flexibility index (Phi) is 3.28. The predicted molar refractivity (Wildman–Crippen MR) is 94.3 cm³/mol. The predicted octanol–water partition coefficient (Wildman–Crippen LogP) is 5.27. The maximum absolute atomic E-state index is 9.57. The number of hydrogen-bond acceptors (Lipinski definition) is 2. The minimum Gasteiger partial charge on any atom is -0.508 e. The van der Waals surface area contributed by atoms with E-state index in [0.717, 1.165) is 27.5 Å². The van der Waals surface area contributed by atoms with Gasteiger partial charge < -0.3 is 5.11 Å². The van der Waals surface area contributed by atoms with Crippen molar-refractivity contribution in [1.82, 2.24) is 4.98 Å². The van der Waals surface area contributed by atoms with Crippen molar-refractivity contribution in [2.75, 3.05) is 0 Å². The Labute approximate surface area is 134 Å². The molecule has 2 heteroatoms. The number of benzene rings is 3. The van der Waals surface area contributed by atoms with Crippen LogP contribution in [-0.4, -0.2) is 10.1 Å². The molecule has 2 nitrogen and oxygen atoms in total. The van der Waals surface area contributed by atoms with Gasteiger partial charge in [-0.25, -0.2) is 0 Å². The van der Waals surface area contributed by atoms with Gasteiger partial charge in [-0.3, -0.25) is 4.98 Å². The zero-order valence-electron chi connectivity index (χ0n) is 12.5. The number of rotatable bonds is 2. The standard InChI is InChI=1S/C21H15NO/c23-21-9-8-18-12-17(6-7-19(18)13-21)15-3-1-4-16(11-15)20-5-2-10-22-14-20/h1-14,23H. The van der Waals surface area contributed by atoms with E-state index in [2.05, 4.69) is 47.4 Å². The van der Waals surface area contributed by atoms with Crippen LogP contribution in [0.2, 0.25) is 0 Å². The lowest BCUT2D eigenvalue weighted by Gasteiger charge is -2.07. The molecule has 0 aliphatic heterocycles. The fraction of sp³-hybridized carbons (Fsp3) is 0. The van der Waals surface area contributed by atoms with Crippen LogP contribution < -0.4 is 0 Å². The molecule has 1 aromatic heterocycles. The molecule has 0 spiro atoms. The van der Waals surface area contributed by atoms with Crippen molar-refractivity contribution in [2.45, 2.75) is 0 Å². The number of phenols is 1. The molecule has 1 N–H and O–H groups in total. The molecule has 0 radical (unpaired) electrons. The van der Waals surface area contributed by atoms with Gasteiger partial charge in [-0.2, -0.15) is 0 Å². The van der Waals surface area contributed by atoms with E-state index in [0.29, 0.717) is 5.75 Å². The van der Waals surface area contributed by atoms with Crippen molar-refractivity contribution in [3.8, 4) is 28.0 Å². The highest BCUT2D eigenvalue weighted by Crippen LogP contribution is 2.29. The van der Waals surface area contributed by atoms with Gasteiger partial charge in [0.05, 0.1) is 0 Å². The second kappa shape index (κ2) is 5.58. The highest BCUT2D eigenvalue weighted by molar-refractivity contribution is 5.88. The van der Waals surface area contributed by atoms with Gasteiger partial charge in [0.2, 0.25) is 0 Å². The minimum absolute atomic E-state index is 0.295. The van der Waals surface area contributed by atoms with E-state index in [1.54, 1.807) is 18.3 Å². The summed E-state index contributed by atoms with van der Waals surface area (Å²) in [6, 6.07) is 24.2. The summed E-state index contributed by atoms with van der Waals surface area (Å²) >= 11 is 0. The number of aromatic hydroxyl groups is 1. The van der Waals surface area contributed by atoms with Gasteiger partial charge in [0.25, 0.3) is 0 Å². The molecular formula is C21H15NO. The molecule has 3 aromatic carbocycles. The molecule has 0 bridgehead atoms. The molecule has 0 amide bonds. The molecule has 110 valence electrons. The van der Waals surface area contributed by atoms with Crippen LogP contribution >= 0.6 is 0 Å². The number of aromatic nitrogens is 1. The Morgan fingerprint density at radius 3 is 2.13 bits per heavy atom. The molecule has 0 aliphatic rings. The van der Waals surface area contributed by atoms with E-state index < -0.39 is 0 Å². The zero-order chi connectivity index (χ0) is 15.6. The maximum Gasteiger partial charge on any atom is 0.116 e. The lowest BCUT2D eigenvalue weighted by atomic mass is 9.98. The van der Waals surface area contributed by atoms with E-state index >= 15 is 0 Å².